The van der Waals surface area contributed by atoms with Crippen LogP contribution in [0.3, 0.4) is 0 Å². The van der Waals surface area contributed by atoms with Crippen LogP contribution in [0, 0.1) is 0 Å². The summed E-state index contributed by atoms with van der Waals surface area (Å²) in [5.74, 6) is 1.05. The Morgan fingerprint density at radius 3 is 1.83 bits per heavy atom. The van der Waals surface area contributed by atoms with Crippen molar-refractivity contribution in [3.05, 3.63) is 11.4 Å². The minimum atomic E-state index is -1.97. The summed E-state index contributed by atoms with van der Waals surface area (Å²) in [4.78, 5) is 2.08. The van der Waals surface area contributed by atoms with Gasteiger partial charge in [0.1, 0.15) is 5.82 Å². The van der Waals surface area contributed by atoms with E-state index in [1.807, 2.05) is 14.1 Å². The largest absolute Gasteiger partial charge is 0.362 e. The molecule has 0 aromatic heterocycles. The summed E-state index contributed by atoms with van der Waals surface area (Å²) in [7, 11) is 10.3. The molecule has 1 aliphatic rings. The van der Waals surface area contributed by atoms with Crippen LogP contribution < -0.4 is 0 Å². The summed E-state index contributed by atoms with van der Waals surface area (Å²) >= 11 is 0. The minimum absolute atomic E-state index is 0.947. The lowest BCUT2D eigenvalue weighted by Gasteiger charge is -2.37. The Hall–Kier alpha value is -0.640. The fourth-order valence-electron chi connectivity index (χ4n) is 2.07. The highest BCUT2D eigenvalue weighted by molar-refractivity contribution is 7.60. The van der Waals surface area contributed by atoms with Crippen LogP contribution in [0.2, 0.25) is 0 Å². The third kappa shape index (κ3) is 2.53. The van der Waals surface area contributed by atoms with E-state index in [0.717, 1.165) is 12.2 Å². The van der Waals surface area contributed by atoms with E-state index in [0.29, 0.717) is 0 Å². The van der Waals surface area contributed by atoms with Gasteiger partial charge in [0.25, 0.3) is 0 Å². The molecule has 0 N–H and O–H groups in total. The SMILES string of the molecule is CCC1=NP(N(C)C)(N(C)C)=NC(N(C)C)=C1C. The molecule has 1 aliphatic heterocycles. The number of rotatable bonds is 4. The lowest BCUT2D eigenvalue weighted by Crippen LogP contribution is -2.26. The standard InChI is InChI=1S/C12H26N5P/c1-9-11-10(2)12(15(3)4)14-18(13-11,16(5)6)17(7)8/h9H2,1-8H3. The molecule has 0 bridgehead atoms. The summed E-state index contributed by atoms with van der Waals surface area (Å²) in [6.07, 6.45) is 0.947. The Morgan fingerprint density at radius 2 is 1.50 bits per heavy atom. The highest BCUT2D eigenvalue weighted by atomic mass is 31.2. The Morgan fingerprint density at radius 1 is 1.00 bits per heavy atom. The molecule has 1 rings (SSSR count). The van der Waals surface area contributed by atoms with Crippen LogP contribution in [0.25, 0.3) is 0 Å². The quantitative estimate of drug-likeness (QED) is 0.737. The number of hydrogen-bond acceptors (Lipinski definition) is 5. The van der Waals surface area contributed by atoms with Gasteiger partial charge in [-0.2, -0.15) is 4.74 Å². The molecule has 6 heteroatoms. The van der Waals surface area contributed by atoms with Gasteiger partial charge >= 0.3 is 0 Å². The molecule has 0 saturated carbocycles. The third-order valence-corrected chi connectivity index (χ3v) is 6.20. The average Bonchev–Trinajstić information content (AvgIpc) is 2.28. The summed E-state index contributed by atoms with van der Waals surface area (Å²) in [5.41, 5.74) is 2.37. The Labute approximate surface area is 111 Å². The zero-order valence-corrected chi connectivity index (χ0v) is 13.8. The highest BCUT2D eigenvalue weighted by Gasteiger charge is 2.30. The summed E-state index contributed by atoms with van der Waals surface area (Å²) in [5, 5.41) is 0. The van der Waals surface area contributed by atoms with E-state index in [-0.39, 0.29) is 0 Å². The van der Waals surface area contributed by atoms with E-state index in [1.165, 1.54) is 11.3 Å². The second-order valence-corrected chi connectivity index (χ2v) is 8.15. The van der Waals surface area contributed by atoms with Crippen LogP contribution in [0.5, 0.6) is 0 Å². The van der Waals surface area contributed by atoms with Crippen molar-refractivity contribution in [2.75, 3.05) is 42.3 Å². The Kier molecular flexibility index (Phi) is 4.76. The lowest BCUT2D eigenvalue weighted by atomic mass is 10.1. The molecular weight excluding hydrogens is 245 g/mol. The zero-order chi connectivity index (χ0) is 14.1. The van der Waals surface area contributed by atoms with Crippen molar-refractivity contribution in [1.29, 1.82) is 0 Å². The van der Waals surface area contributed by atoms with E-state index < -0.39 is 7.51 Å². The van der Waals surface area contributed by atoms with Crippen LogP contribution in [-0.4, -0.2) is 62.2 Å². The summed E-state index contributed by atoms with van der Waals surface area (Å²) < 4.78 is 14.2. The monoisotopic (exact) mass is 271 g/mol. The molecule has 0 radical (unpaired) electrons. The van der Waals surface area contributed by atoms with Crippen molar-refractivity contribution < 1.29 is 0 Å². The summed E-state index contributed by atoms with van der Waals surface area (Å²) in [6.45, 7) is 4.27. The molecule has 0 unspecified atom stereocenters. The normalized spacial score (nSPS) is 19.1. The van der Waals surface area contributed by atoms with Crippen LogP contribution in [-0.2, 0) is 0 Å². The van der Waals surface area contributed by atoms with E-state index in [1.54, 1.807) is 0 Å². The van der Waals surface area contributed by atoms with Gasteiger partial charge in [-0.25, -0.2) is 14.1 Å². The van der Waals surface area contributed by atoms with Crippen LogP contribution in [0.4, 0.5) is 0 Å². The molecule has 0 aromatic carbocycles. The molecule has 0 spiro atoms. The van der Waals surface area contributed by atoms with Crippen molar-refractivity contribution in [3.63, 3.8) is 0 Å². The fraction of sp³-hybridized carbons (Fsp3) is 0.750. The van der Waals surface area contributed by atoms with Gasteiger partial charge in [-0.15, -0.1) is 0 Å². The van der Waals surface area contributed by atoms with Gasteiger partial charge in [0.15, 0.2) is 0 Å². The first kappa shape index (κ1) is 15.4. The van der Waals surface area contributed by atoms with Gasteiger partial charge in [0.2, 0.25) is 7.51 Å². The maximum Gasteiger partial charge on any atom is 0.217 e. The molecule has 0 aromatic rings. The molecule has 0 aliphatic carbocycles. The molecule has 0 saturated heterocycles. The topological polar surface area (TPSA) is 34.4 Å². The highest BCUT2D eigenvalue weighted by Crippen LogP contribution is 2.58. The third-order valence-electron chi connectivity index (χ3n) is 3.08. The first-order valence-electron chi connectivity index (χ1n) is 6.21. The van der Waals surface area contributed by atoms with Gasteiger partial charge < -0.3 is 4.90 Å². The van der Waals surface area contributed by atoms with Gasteiger partial charge in [0, 0.05) is 25.4 Å². The number of nitrogens with zero attached hydrogens (tertiary/aromatic N) is 5. The van der Waals surface area contributed by atoms with Crippen LogP contribution in [0.1, 0.15) is 20.3 Å². The van der Waals surface area contributed by atoms with Crippen molar-refractivity contribution in [1.82, 2.24) is 14.2 Å². The Bertz CT molecular complexity index is 420. The molecule has 18 heavy (non-hydrogen) atoms. The van der Waals surface area contributed by atoms with Gasteiger partial charge in [-0.1, -0.05) is 6.92 Å². The van der Waals surface area contributed by atoms with Crippen LogP contribution >= 0.6 is 7.51 Å². The Balaban J connectivity index is 3.56. The molecule has 104 valence electrons. The van der Waals surface area contributed by atoms with Gasteiger partial charge in [0.05, 0.1) is 0 Å². The lowest BCUT2D eigenvalue weighted by molar-refractivity contribution is 0.493. The van der Waals surface area contributed by atoms with Gasteiger partial charge in [-0.05, 0) is 41.5 Å². The van der Waals surface area contributed by atoms with E-state index in [9.17, 15) is 0 Å². The maximum atomic E-state index is 4.97. The van der Waals surface area contributed by atoms with E-state index in [2.05, 4.69) is 56.3 Å². The predicted molar refractivity (Wildman–Crippen MR) is 80.8 cm³/mol. The molecule has 0 fully saturated rings. The zero-order valence-electron chi connectivity index (χ0n) is 12.9. The second-order valence-electron chi connectivity index (χ2n) is 5.07. The van der Waals surface area contributed by atoms with E-state index >= 15 is 0 Å². The first-order valence-corrected chi connectivity index (χ1v) is 7.81. The molecule has 0 amide bonds. The molecule has 0 atom stereocenters. The van der Waals surface area contributed by atoms with Crippen molar-refractivity contribution >= 4 is 13.2 Å². The summed E-state index contributed by atoms with van der Waals surface area (Å²) in [6, 6.07) is 0. The number of hydrogen-bond donors (Lipinski definition) is 0. The van der Waals surface area contributed by atoms with E-state index in [4.69, 9.17) is 9.51 Å². The number of allylic oxidation sites excluding steroid dienone is 1. The van der Waals surface area contributed by atoms with Crippen molar-refractivity contribution in [2.45, 2.75) is 20.3 Å². The second kappa shape index (κ2) is 5.55. The fourth-order valence-corrected chi connectivity index (χ4v) is 4.74. The predicted octanol–water partition coefficient (Wildman–Crippen LogP) is 2.71. The van der Waals surface area contributed by atoms with Gasteiger partial charge in [-0.3, -0.25) is 0 Å². The molecule has 5 nitrogen and oxygen atoms in total. The van der Waals surface area contributed by atoms with Crippen molar-refractivity contribution in [2.24, 2.45) is 9.51 Å². The molecule has 1 heterocycles. The average molecular weight is 271 g/mol. The smallest absolute Gasteiger partial charge is 0.217 e. The maximum absolute atomic E-state index is 4.97. The molecular formula is C12H26N5P. The van der Waals surface area contributed by atoms with Crippen molar-refractivity contribution in [3.8, 4) is 0 Å². The first-order chi connectivity index (χ1) is 8.26. The minimum Gasteiger partial charge on any atom is -0.362 e. The van der Waals surface area contributed by atoms with Crippen LogP contribution in [0.15, 0.2) is 20.9 Å².